The van der Waals surface area contributed by atoms with Crippen molar-refractivity contribution in [2.24, 2.45) is 5.14 Å². The molecule has 1 heterocycles. The first-order chi connectivity index (χ1) is 6.75. The summed E-state index contributed by atoms with van der Waals surface area (Å²) in [6.07, 6.45) is 1.33. The average Bonchev–Trinajstić information content (AvgIpc) is 2.00. The molecule has 0 aliphatic heterocycles. The van der Waals surface area contributed by atoms with Gasteiger partial charge in [-0.1, -0.05) is 13.8 Å². The number of nitrogens with zero attached hydrogens (tertiary/aromatic N) is 1. The molecule has 0 aromatic carbocycles. The Morgan fingerprint density at radius 1 is 1.33 bits per heavy atom. The van der Waals surface area contributed by atoms with E-state index in [9.17, 15) is 8.42 Å². The van der Waals surface area contributed by atoms with E-state index >= 15 is 0 Å². The molecule has 1 rings (SSSR count). The third-order valence-electron chi connectivity index (χ3n) is 2.42. The molecule has 15 heavy (non-hydrogen) atoms. The molecule has 0 aliphatic rings. The topological polar surface area (TPSA) is 73.0 Å². The van der Waals surface area contributed by atoms with Gasteiger partial charge in [0.2, 0.25) is 10.0 Å². The Kier molecular flexibility index (Phi) is 3.16. The van der Waals surface area contributed by atoms with Gasteiger partial charge in [-0.15, -0.1) is 0 Å². The smallest absolute Gasteiger partial charge is 0.239 e. The maximum Gasteiger partial charge on any atom is 0.239 e. The highest BCUT2D eigenvalue weighted by Crippen LogP contribution is 2.25. The van der Waals surface area contributed by atoms with Crippen LogP contribution in [0.3, 0.4) is 0 Å². The van der Waals surface area contributed by atoms with E-state index in [1.54, 1.807) is 6.92 Å². The number of primary sulfonamides is 1. The predicted octanol–water partition coefficient (Wildman–Crippen LogP) is 1.47. The van der Waals surface area contributed by atoms with Crippen LogP contribution in [0.1, 0.15) is 36.6 Å². The van der Waals surface area contributed by atoms with Crippen LogP contribution in [0.4, 0.5) is 0 Å². The molecule has 0 saturated carbocycles. The van der Waals surface area contributed by atoms with Crippen molar-refractivity contribution in [2.75, 3.05) is 0 Å². The molecule has 0 saturated heterocycles. The first-order valence-electron chi connectivity index (χ1n) is 4.74. The van der Waals surface area contributed by atoms with Gasteiger partial charge in [0.25, 0.3) is 0 Å². The van der Waals surface area contributed by atoms with Gasteiger partial charge in [0.1, 0.15) is 4.90 Å². The Labute approximate surface area is 90.6 Å². The number of aromatic nitrogens is 1. The van der Waals surface area contributed by atoms with Crippen molar-refractivity contribution in [3.63, 3.8) is 0 Å². The number of hydrogen-bond donors (Lipinski definition) is 1. The largest absolute Gasteiger partial charge is 0.260 e. The Morgan fingerprint density at radius 2 is 1.87 bits per heavy atom. The third-order valence-corrected chi connectivity index (χ3v) is 3.45. The fraction of sp³-hybridized carbons (Fsp3) is 0.500. The minimum Gasteiger partial charge on any atom is -0.260 e. The quantitative estimate of drug-likeness (QED) is 0.833. The maximum atomic E-state index is 11.3. The van der Waals surface area contributed by atoms with Crippen molar-refractivity contribution in [3.8, 4) is 0 Å². The molecule has 0 aliphatic carbocycles. The lowest BCUT2D eigenvalue weighted by atomic mass is 9.97. The second-order valence-electron chi connectivity index (χ2n) is 3.95. The molecule has 5 heteroatoms. The highest BCUT2D eigenvalue weighted by molar-refractivity contribution is 7.89. The van der Waals surface area contributed by atoms with Gasteiger partial charge < -0.3 is 0 Å². The molecule has 1 aromatic rings. The summed E-state index contributed by atoms with van der Waals surface area (Å²) >= 11 is 0. The van der Waals surface area contributed by atoms with E-state index in [4.69, 9.17) is 5.14 Å². The van der Waals surface area contributed by atoms with Crippen LogP contribution < -0.4 is 5.14 Å². The Balaban J connectivity index is 3.56. The van der Waals surface area contributed by atoms with E-state index in [0.717, 1.165) is 11.3 Å². The van der Waals surface area contributed by atoms with E-state index < -0.39 is 10.0 Å². The lowest BCUT2D eigenvalue weighted by Gasteiger charge is -2.14. The summed E-state index contributed by atoms with van der Waals surface area (Å²) in [5.74, 6) is 0.235. The number of aryl methyl sites for hydroxylation is 1. The Morgan fingerprint density at radius 3 is 2.27 bits per heavy atom. The molecular weight excluding hydrogens is 212 g/mol. The van der Waals surface area contributed by atoms with Crippen molar-refractivity contribution in [3.05, 3.63) is 23.0 Å². The van der Waals surface area contributed by atoms with Crippen LogP contribution in [0.25, 0.3) is 0 Å². The van der Waals surface area contributed by atoms with Crippen LogP contribution in [0, 0.1) is 13.8 Å². The van der Waals surface area contributed by atoms with Gasteiger partial charge in [-0.05, 0) is 30.9 Å². The zero-order valence-corrected chi connectivity index (χ0v) is 10.2. The minimum absolute atomic E-state index is 0.122. The van der Waals surface area contributed by atoms with Gasteiger partial charge >= 0.3 is 0 Å². The van der Waals surface area contributed by atoms with Gasteiger partial charge in [-0.2, -0.15) is 0 Å². The molecule has 0 atom stereocenters. The van der Waals surface area contributed by atoms with Crippen molar-refractivity contribution in [2.45, 2.75) is 38.5 Å². The molecule has 0 fully saturated rings. The van der Waals surface area contributed by atoms with Crippen molar-refractivity contribution >= 4 is 10.0 Å². The molecular formula is C10H16N2O2S. The molecule has 0 radical (unpaired) electrons. The molecule has 0 amide bonds. The summed E-state index contributed by atoms with van der Waals surface area (Å²) in [6, 6.07) is 0. The highest BCUT2D eigenvalue weighted by atomic mass is 32.2. The van der Waals surface area contributed by atoms with Crippen LogP contribution in [-0.4, -0.2) is 13.4 Å². The first-order valence-corrected chi connectivity index (χ1v) is 6.28. The molecule has 1 aromatic heterocycles. The fourth-order valence-corrected chi connectivity index (χ4v) is 2.60. The van der Waals surface area contributed by atoms with Crippen LogP contribution in [0.15, 0.2) is 11.1 Å². The summed E-state index contributed by atoms with van der Waals surface area (Å²) in [5, 5.41) is 5.11. The van der Waals surface area contributed by atoms with E-state index in [2.05, 4.69) is 4.98 Å². The lowest BCUT2D eigenvalue weighted by molar-refractivity contribution is 0.596. The van der Waals surface area contributed by atoms with Crippen LogP contribution in [0.2, 0.25) is 0 Å². The second-order valence-corrected chi connectivity index (χ2v) is 5.48. The van der Waals surface area contributed by atoms with Crippen molar-refractivity contribution < 1.29 is 8.42 Å². The zero-order chi connectivity index (χ0) is 11.8. The highest BCUT2D eigenvalue weighted by Gasteiger charge is 2.18. The van der Waals surface area contributed by atoms with E-state index in [1.165, 1.54) is 6.20 Å². The number of pyridine rings is 1. The molecule has 4 nitrogen and oxygen atoms in total. The van der Waals surface area contributed by atoms with Gasteiger partial charge in [-0.25, -0.2) is 13.6 Å². The number of hydrogen-bond acceptors (Lipinski definition) is 3. The van der Waals surface area contributed by atoms with Crippen LogP contribution >= 0.6 is 0 Å². The van der Waals surface area contributed by atoms with Crippen molar-refractivity contribution in [1.82, 2.24) is 4.98 Å². The van der Waals surface area contributed by atoms with Gasteiger partial charge in [-0.3, -0.25) is 4.98 Å². The zero-order valence-electron chi connectivity index (χ0n) is 9.40. The predicted molar refractivity (Wildman–Crippen MR) is 59.2 cm³/mol. The Hall–Kier alpha value is -0.940. The summed E-state index contributed by atoms with van der Waals surface area (Å²) in [6.45, 7) is 7.65. The van der Waals surface area contributed by atoms with Gasteiger partial charge in [0.05, 0.1) is 0 Å². The SMILES string of the molecule is Cc1ncc(S(N)(=O)=O)c(C)c1C(C)C. The second kappa shape index (κ2) is 3.90. The number of rotatable bonds is 2. The maximum absolute atomic E-state index is 11.3. The lowest BCUT2D eigenvalue weighted by Crippen LogP contribution is -2.16. The number of nitrogens with two attached hydrogens (primary N) is 1. The van der Waals surface area contributed by atoms with Crippen LogP contribution in [0.5, 0.6) is 0 Å². The van der Waals surface area contributed by atoms with Crippen molar-refractivity contribution in [1.29, 1.82) is 0 Å². The minimum atomic E-state index is -3.67. The Bertz CT molecular complexity index is 478. The summed E-state index contributed by atoms with van der Waals surface area (Å²) in [7, 11) is -3.67. The summed E-state index contributed by atoms with van der Waals surface area (Å²) < 4.78 is 22.6. The standard InChI is InChI=1S/C10H16N2O2S/c1-6(2)10-7(3)9(15(11,13)14)5-12-8(10)4/h5-6H,1-4H3,(H2,11,13,14). The molecule has 2 N–H and O–H groups in total. The summed E-state index contributed by atoms with van der Waals surface area (Å²) in [4.78, 5) is 4.19. The van der Waals surface area contributed by atoms with E-state index in [1.807, 2.05) is 20.8 Å². The molecule has 84 valence electrons. The first kappa shape index (κ1) is 12.1. The fourth-order valence-electron chi connectivity index (χ4n) is 1.86. The number of sulfonamides is 1. The molecule has 0 spiro atoms. The third kappa shape index (κ3) is 2.35. The van der Waals surface area contributed by atoms with Crippen LogP contribution in [-0.2, 0) is 10.0 Å². The molecule has 0 bridgehead atoms. The van der Waals surface area contributed by atoms with Gasteiger partial charge in [0.15, 0.2) is 0 Å². The normalized spacial score (nSPS) is 12.1. The average molecular weight is 228 g/mol. The monoisotopic (exact) mass is 228 g/mol. The molecule has 0 unspecified atom stereocenters. The van der Waals surface area contributed by atoms with Gasteiger partial charge in [0, 0.05) is 11.9 Å². The van der Waals surface area contributed by atoms with E-state index in [0.29, 0.717) is 5.56 Å². The van der Waals surface area contributed by atoms with E-state index in [-0.39, 0.29) is 10.8 Å². The summed E-state index contributed by atoms with van der Waals surface area (Å²) in [5.41, 5.74) is 2.52.